The van der Waals surface area contributed by atoms with Gasteiger partial charge in [-0.1, -0.05) is 30.1 Å². The van der Waals surface area contributed by atoms with E-state index in [1.54, 1.807) is 6.92 Å². The van der Waals surface area contributed by atoms with Crippen molar-refractivity contribution in [1.82, 2.24) is 0 Å². The zero-order valence-electron chi connectivity index (χ0n) is 9.81. The molecular formula is C12H9Cl2NO4. The van der Waals surface area contributed by atoms with Gasteiger partial charge in [0.1, 0.15) is 0 Å². The number of carboxylic acid groups (broad SMARTS) is 1. The van der Waals surface area contributed by atoms with Gasteiger partial charge in [-0.2, -0.15) is 0 Å². The van der Waals surface area contributed by atoms with Crippen molar-refractivity contribution in [3.05, 3.63) is 27.7 Å². The lowest BCUT2D eigenvalue weighted by atomic mass is 10.1. The fourth-order valence-electron chi connectivity index (χ4n) is 1.92. The van der Waals surface area contributed by atoms with Crippen LogP contribution in [0.3, 0.4) is 0 Å². The van der Waals surface area contributed by atoms with E-state index in [2.05, 4.69) is 0 Å². The van der Waals surface area contributed by atoms with Gasteiger partial charge in [0.05, 0.1) is 21.3 Å². The van der Waals surface area contributed by atoms with Gasteiger partial charge in [-0.15, -0.1) is 0 Å². The molecule has 1 saturated heterocycles. The Balaban J connectivity index is 2.55. The highest BCUT2D eigenvalue weighted by Crippen LogP contribution is 2.38. The van der Waals surface area contributed by atoms with Gasteiger partial charge in [0, 0.05) is 12.3 Å². The van der Waals surface area contributed by atoms with Gasteiger partial charge < -0.3 is 5.11 Å². The Morgan fingerprint density at radius 1 is 1.32 bits per heavy atom. The lowest BCUT2D eigenvalue weighted by molar-refractivity contribution is -0.122. The molecule has 1 aromatic rings. The van der Waals surface area contributed by atoms with Crippen molar-refractivity contribution in [2.24, 2.45) is 5.92 Å². The number of aromatic carboxylic acids is 1. The second-order valence-corrected chi connectivity index (χ2v) is 5.08. The smallest absolute Gasteiger partial charge is 0.335 e. The lowest BCUT2D eigenvalue weighted by Gasteiger charge is -2.18. The number of nitrogens with zero attached hydrogens (tertiary/aromatic N) is 1. The number of carbonyl (C=O) groups excluding carboxylic acids is 2. The lowest BCUT2D eigenvalue weighted by Crippen LogP contribution is -2.30. The van der Waals surface area contributed by atoms with E-state index in [4.69, 9.17) is 28.3 Å². The molecule has 0 saturated carbocycles. The van der Waals surface area contributed by atoms with E-state index in [-0.39, 0.29) is 27.7 Å². The number of imide groups is 1. The van der Waals surface area contributed by atoms with E-state index in [0.717, 1.165) is 17.0 Å². The van der Waals surface area contributed by atoms with E-state index in [1.807, 2.05) is 0 Å². The Morgan fingerprint density at radius 3 is 2.21 bits per heavy atom. The molecule has 0 radical (unpaired) electrons. The molecule has 19 heavy (non-hydrogen) atoms. The molecule has 100 valence electrons. The number of benzene rings is 1. The second-order valence-electron chi connectivity index (χ2n) is 4.27. The molecule has 1 atom stereocenters. The Kier molecular flexibility index (Phi) is 3.52. The minimum atomic E-state index is -1.19. The van der Waals surface area contributed by atoms with Crippen LogP contribution in [0.2, 0.25) is 10.0 Å². The van der Waals surface area contributed by atoms with Crippen LogP contribution in [0.4, 0.5) is 5.69 Å². The molecule has 5 nitrogen and oxygen atoms in total. The van der Waals surface area contributed by atoms with Crippen LogP contribution in [0, 0.1) is 5.92 Å². The summed E-state index contributed by atoms with van der Waals surface area (Å²) in [6, 6.07) is 2.32. The number of hydrogen-bond acceptors (Lipinski definition) is 3. The Hall–Kier alpha value is -1.59. The van der Waals surface area contributed by atoms with Gasteiger partial charge in [0.2, 0.25) is 11.8 Å². The quantitative estimate of drug-likeness (QED) is 0.852. The summed E-state index contributed by atoms with van der Waals surface area (Å²) in [6.07, 6.45) is 0.0895. The molecule has 1 heterocycles. The standard InChI is InChI=1S/C12H9Cl2NO4/c1-5-2-9(16)15(11(5)17)10-7(13)3-6(12(18)19)4-8(10)14/h3-5H,2H2,1H3,(H,18,19). The SMILES string of the molecule is CC1CC(=O)N(c2c(Cl)cc(C(=O)O)cc2Cl)C1=O. The summed E-state index contributed by atoms with van der Waals surface area (Å²) in [5.41, 5.74) is -0.0569. The monoisotopic (exact) mass is 301 g/mol. The van der Waals surface area contributed by atoms with Gasteiger partial charge >= 0.3 is 5.97 Å². The first-order chi connectivity index (χ1) is 8.82. The normalized spacial score (nSPS) is 19.1. The first-order valence-corrected chi connectivity index (χ1v) is 6.17. The largest absolute Gasteiger partial charge is 0.478 e. The third-order valence-corrected chi connectivity index (χ3v) is 3.44. The predicted octanol–water partition coefficient (Wildman–Crippen LogP) is 2.59. The van der Waals surface area contributed by atoms with Crippen molar-refractivity contribution in [2.75, 3.05) is 4.90 Å². The van der Waals surface area contributed by atoms with Crippen LogP contribution in [0.5, 0.6) is 0 Å². The predicted molar refractivity (Wildman–Crippen MR) is 69.7 cm³/mol. The number of amides is 2. The third kappa shape index (κ3) is 2.31. The molecular weight excluding hydrogens is 293 g/mol. The molecule has 0 bridgehead atoms. The molecule has 2 amide bonds. The fraction of sp³-hybridized carbons (Fsp3) is 0.250. The molecule has 1 aliphatic rings. The summed E-state index contributed by atoms with van der Waals surface area (Å²) >= 11 is 11.9. The Bertz CT molecular complexity index is 576. The molecule has 1 aromatic carbocycles. The van der Waals surface area contributed by atoms with Crippen molar-refractivity contribution in [3.63, 3.8) is 0 Å². The van der Waals surface area contributed by atoms with Crippen LogP contribution in [0.1, 0.15) is 23.7 Å². The molecule has 1 aliphatic heterocycles. The first-order valence-electron chi connectivity index (χ1n) is 5.42. The van der Waals surface area contributed by atoms with Crippen molar-refractivity contribution in [2.45, 2.75) is 13.3 Å². The number of rotatable bonds is 2. The van der Waals surface area contributed by atoms with Crippen molar-refractivity contribution < 1.29 is 19.5 Å². The van der Waals surface area contributed by atoms with Crippen LogP contribution in [-0.4, -0.2) is 22.9 Å². The number of carbonyl (C=O) groups is 3. The maximum atomic E-state index is 11.9. The fourth-order valence-corrected chi connectivity index (χ4v) is 2.58. The van der Waals surface area contributed by atoms with Gasteiger partial charge in [-0.3, -0.25) is 9.59 Å². The Labute approximate surface area is 118 Å². The van der Waals surface area contributed by atoms with Crippen LogP contribution >= 0.6 is 23.2 Å². The van der Waals surface area contributed by atoms with Crippen LogP contribution in [-0.2, 0) is 9.59 Å². The zero-order valence-corrected chi connectivity index (χ0v) is 11.3. The molecule has 1 N–H and O–H groups in total. The van der Waals surface area contributed by atoms with E-state index in [0.29, 0.717) is 0 Å². The number of carboxylic acids is 1. The van der Waals surface area contributed by atoms with Gasteiger partial charge in [-0.05, 0) is 12.1 Å². The molecule has 0 spiro atoms. The maximum absolute atomic E-state index is 11.9. The summed E-state index contributed by atoms with van der Waals surface area (Å²) in [6.45, 7) is 1.63. The van der Waals surface area contributed by atoms with Crippen molar-refractivity contribution in [1.29, 1.82) is 0 Å². The molecule has 0 aliphatic carbocycles. The summed E-state index contributed by atoms with van der Waals surface area (Å²) in [4.78, 5) is 35.5. The molecule has 1 fully saturated rings. The van der Waals surface area contributed by atoms with E-state index in [1.165, 1.54) is 0 Å². The Morgan fingerprint density at radius 2 is 1.84 bits per heavy atom. The van der Waals surface area contributed by atoms with E-state index < -0.39 is 23.7 Å². The van der Waals surface area contributed by atoms with Crippen molar-refractivity contribution in [3.8, 4) is 0 Å². The van der Waals surface area contributed by atoms with Crippen LogP contribution in [0.15, 0.2) is 12.1 Å². The average Bonchev–Trinajstić information content (AvgIpc) is 2.54. The minimum Gasteiger partial charge on any atom is -0.478 e. The average molecular weight is 302 g/mol. The summed E-state index contributed by atoms with van der Waals surface area (Å²) in [5, 5.41) is 8.79. The molecule has 1 unspecified atom stereocenters. The zero-order chi connectivity index (χ0) is 14.3. The third-order valence-electron chi connectivity index (χ3n) is 2.86. The van der Waals surface area contributed by atoms with Crippen LogP contribution in [0.25, 0.3) is 0 Å². The maximum Gasteiger partial charge on any atom is 0.335 e. The highest BCUT2D eigenvalue weighted by atomic mass is 35.5. The van der Waals surface area contributed by atoms with Gasteiger partial charge in [0.25, 0.3) is 0 Å². The summed E-state index contributed by atoms with van der Waals surface area (Å²) in [5.74, 6) is -2.41. The van der Waals surface area contributed by atoms with E-state index >= 15 is 0 Å². The number of anilines is 1. The van der Waals surface area contributed by atoms with Gasteiger partial charge in [-0.25, -0.2) is 9.69 Å². The van der Waals surface area contributed by atoms with E-state index in [9.17, 15) is 14.4 Å². The molecule has 2 rings (SSSR count). The highest BCUT2D eigenvalue weighted by molar-refractivity contribution is 6.42. The van der Waals surface area contributed by atoms with Crippen molar-refractivity contribution >= 4 is 46.7 Å². The van der Waals surface area contributed by atoms with Crippen LogP contribution < -0.4 is 4.90 Å². The minimum absolute atomic E-state index is 0.0410. The number of halogens is 2. The summed E-state index contributed by atoms with van der Waals surface area (Å²) in [7, 11) is 0. The summed E-state index contributed by atoms with van der Waals surface area (Å²) < 4.78 is 0. The highest BCUT2D eigenvalue weighted by Gasteiger charge is 2.38. The topological polar surface area (TPSA) is 74.7 Å². The number of hydrogen-bond donors (Lipinski definition) is 1. The second kappa shape index (κ2) is 4.83. The van der Waals surface area contributed by atoms with Gasteiger partial charge in [0.15, 0.2) is 0 Å². The molecule has 7 heteroatoms. The first kappa shape index (κ1) is 13.8. The molecule has 0 aromatic heterocycles.